The molecule has 3 rings (SSSR count). The zero-order chi connectivity index (χ0) is 17.8. The number of carbonyl (C=O) groups excluding carboxylic acids is 1. The molecule has 0 saturated heterocycles. The summed E-state index contributed by atoms with van der Waals surface area (Å²) in [6.45, 7) is 2.23. The first-order chi connectivity index (χ1) is 12.2. The Balaban J connectivity index is 0.00000243. The number of rotatable bonds is 6. The molecule has 1 amide bonds. The van der Waals surface area contributed by atoms with Crippen molar-refractivity contribution in [2.45, 2.75) is 19.6 Å². The fraction of sp³-hybridized carbons (Fsp3) is 0.316. The Morgan fingerprint density at radius 3 is 2.31 bits per heavy atom. The lowest BCUT2D eigenvalue weighted by Crippen LogP contribution is -2.23. The van der Waals surface area contributed by atoms with Crippen LogP contribution in [0, 0.1) is 0 Å². The second-order valence-electron chi connectivity index (χ2n) is 5.80. The highest BCUT2D eigenvalue weighted by molar-refractivity contribution is 5.97. The van der Waals surface area contributed by atoms with E-state index in [1.807, 2.05) is 6.07 Å². The summed E-state index contributed by atoms with van der Waals surface area (Å²) in [7, 11) is 4.59. The van der Waals surface area contributed by atoms with E-state index in [0.29, 0.717) is 29.4 Å². The average Bonchev–Trinajstić information content (AvgIpc) is 3.12. The number of hydrogen-bond acceptors (Lipinski definition) is 5. The van der Waals surface area contributed by atoms with Gasteiger partial charge in [0.1, 0.15) is 5.75 Å². The molecule has 1 aliphatic rings. The average molecular weight is 379 g/mol. The molecule has 0 aliphatic carbocycles. The lowest BCUT2D eigenvalue weighted by Gasteiger charge is -2.14. The third-order valence-electron chi connectivity index (χ3n) is 4.30. The molecule has 0 atom stereocenters. The van der Waals surface area contributed by atoms with Crippen molar-refractivity contribution in [3.63, 3.8) is 0 Å². The van der Waals surface area contributed by atoms with Crippen LogP contribution in [0.15, 0.2) is 30.3 Å². The van der Waals surface area contributed by atoms with E-state index in [1.54, 1.807) is 19.2 Å². The number of methoxy groups -OCH3 is 3. The van der Waals surface area contributed by atoms with Gasteiger partial charge in [-0.05, 0) is 16.7 Å². The summed E-state index contributed by atoms with van der Waals surface area (Å²) in [5, 5.41) is 6.25. The predicted molar refractivity (Wildman–Crippen MR) is 102 cm³/mol. The third-order valence-corrected chi connectivity index (χ3v) is 4.30. The normalized spacial score (nSPS) is 12.0. The molecule has 0 aromatic heterocycles. The molecule has 7 heteroatoms. The van der Waals surface area contributed by atoms with E-state index in [4.69, 9.17) is 14.2 Å². The highest BCUT2D eigenvalue weighted by Gasteiger charge is 2.18. The number of halogens is 1. The molecule has 0 bridgehead atoms. The second-order valence-corrected chi connectivity index (χ2v) is 5.80. The molecule has 0 unspecified atom stereocenters. The highest BCUT2D eigenvalue weighted by Crippen LogP contribution is 2.34. The smallest absolute Gasteiger partial charge is 0.255 e. The van der Waals surface area contributed by atoms with Gasteiger partial charge in [-0.1, -0.05) is 18.2 Å². The second kappa shape index (κ2) is 8.78. The maximum atomic E-state index is 12.6. The van der Waals surface area contributed by atoms with Crippen LogP contribution in [-0.4, -0.2) is 27.2 Å². The molecular formula is C19H23ClN2O4. The zero-order valence-corrected chi connectivity index (χ0v) is 15.9. The van der Waals surface area contributed by atoms with Crippen LogP contribution in [0.5, 0.6) is 17.2 Å². The van der Waals surface area contributed by atoms with Crippen molar-refractivity contribution in [1.29, 1.82) is 0 Å². The topological polar surface area (TPSA) is 68.8 Å². The molecule has 140 valence electrons. The van der Waals surface area contributed by atoms with Gasteiger partial charge in [-0.25, -0.2) is 0 Å². The molecule has 0 radical (unpaired) electrons. The molecule has 1 aliphatic heterocycles. The van der Waals surface area contributed by atoms with Crippen LogP contribution in [0.25, 0.3) is 0 Å². The Hall–Kier alpha value is -2.44. The Morgan fingerprint density at radius 1 is 0.962 bits per heavy atom. The number of ether oxygens (including phenoxy) is 3. The molecule has 0 saturated carbocycles. The number of benzene rings is 2. The number of nitrogens with one attached hydrogen (secondary N) is 2. The van der Waals surface area contributed by atoms with Crippen molar-refractivity contribution in [3.05, 3.63) is 52.6 Å². The van der Waals surface area contributed by atoms with Gasteiger partial charge >= 0.3 is 0 Å². The maximum Gasteiger partial charge on any atom is 0.255 e. The minimum absolute atomic E-state index is 0. The van der Waals surface area contributed by atoms with Gasteiger partial charge in [0.25, 0.3) is 5.91 Å². The van der Waals surface area contributed by atoms with Crippen molar-refractivity contribution in [2.24, 2.45) is 0 Å². The molecule has 1 heterocycles. The van der Waals surface area contributed by atoms with Gasteiger partial charge in [0.15, 0.2) is 11.5 Å². The van der Waals surface area contributed by atoms with Crippen LogP contribution < -0.4 is 24.8 Å². The number of carbonyl (C=O) groups is 1. The largest absolute Gasteiger partial charge is 0.496 e. The molecule has 2 N–H and O–H groups in total. The van der Waals surface area contributed by atoms with E-state index in [0.717, 1.165) is 18.7 Å². The van der Waals surface area contributed by atoms with Gasteiger partial charge in [0, 0.05) is 31.8 Å². The standard InChI is InChI=1S/C19H22N2O4.ClH/c1-23-16-8-18(25-3)17(24-2)7-15(16)19(22)21-9-12-4-5-13-10-20-11-14(13)6-12;/h4-8,20H,9-11H2,1-3H3,(H,21,22);1H. The Kier molecular flexibility index (Phi) is 6.71. The van der Waals surface area contributed by atoms with Gasteiger partial charge in [-0.3, -0.25) is 4.79 Å². The minimum Gasteiger partial charge on any atom is -0.496 e. The lowest BCUT2D eigenvalue weighted by atomic mass is 10.1. The summed E-state index contributed by atoms with van der Waals surface area (Å²) in [4.78, 5) is 12.6. The van der Waals surface area contributed by atoms with E-state index < -0.39 is 0 Å². The van der Waals surface area contributed by atoms with Crippen LogP contribution >= 0.6 is 12.4 Å². The Labute approximate surface area is 159 Å². The zero-order valence-electron chi connectivity index (χ0n) is 15.0. The molecule has 0 spiro atoms. The van der Waals surface area contributed by atoms with Gasteiger partial charge in [-0.15, -0.1) is 12.4 Å². The van der Waals surface area contributed by atoms with Gasteiger partial charge < -0.3 is 24.8 Å². The summed E-state index contributed by atoms with van der Waals surface area (Å²) >= 11 is 0. The molecule has 2 aromatic carbocycles. The van der Waals surface area contributed by atoms with Gasteiger partial charge in [0.05, 0.1) is 26.9 Å². The van der Waals surface area contributed by atoms with E-state index in [9.17, 15) is 4.79 Å². The van der Waals surface area contributed by atoms with E-state index >= 15 is 0 Å². The fourth-order valence-corrected chi connectivity index (χ4v) is 2.94. The van der Waals surface area contributed by atoms with E-state index in [1.165, 1.54) is 25.3 Å². The van der Waals surface area contributed by atoms with Crippen LogP contribution in [0.3, 0.4) is 0 Å². The molecule has 6 nitrogen and oxygen atoms in total. The summed E-state index contributed by atoms with van der Waals surface area (Å²) in [6.07, 6.45) is 0. The number of hydrogen-bond donors (Lipinski definition) is 2. The van der Waals surface area contributed by atoms with Crippen molar-refractivity contribution in [3.8, 4) is 17.2 Å². The first-order valence-corrected chi connectivity index (χ1v) is 8.06. The summed E-state index contributed by atoms with van der Waals surface area (Å²) in [6, 6.07) is 9.54. The van der Waals surface area contributed by atoms with Crippen molar-refractivity contribution in [2.75, 3.05) is 21.3 Å². The van der Waals surface area contributed by atoms with Gasteiger partial charge in [-0.2, -0.15) is 0 Å². The van der Waals surface area contributed by atoms with Crippen LogP contribution in [0.1, 0.15) is 27.0 Å². The fourth-order valence-electron chi connectivity index (χ4n) is 2.94. The first-order valence-electron chi connectivity index (χ1n) is 8.06. The van der Waals surface area contributed by atoms with E-state index in [-0.39, 0.29) is 18.3 Å². The SMILES string of the molecule is COc1cc(OC)c(C(=O)NCc2ccc3c(c2)CNC3)cc1OC.Cl. The summed E-state index contributed by atoms with van der Waals surface area (Å²) in [5.41, 5.74) is 4.07. The van der Waals surface area contributed by atoms with Crippen molar-refractivity contribution < 1.29 is 19.0 Å². The first kappa shape index (κ1) is 19.9. The monoisotopic (exact) mass is 378 g/mol. The van der Waals surface area contributed by atoms with Crippen LogP contribution in [0.4, 0.5) is 0 Å². The van der Waals surface area contributed by atoms with Crippen LogP contribution in [0.2, 0.25) is 0 Å². The summed E-state index contributed by atoms with van der Waals surface area (Å²) < 4.78 is 15.8. The Bertz CT molecular complexity index is 795. The predicted octanol–water partition coefficient (Wildman–Crippen LogP) is 2.67. The number of fused-ring (bicyclic) bond motifs is 1. The third kappa shape index (κ3) is 4.03. The molecule has 0 fully saturated rings. The summed E-state index contributed by atoms with van der Waals surface area (Å²) in [5.74, 6) is 1.21. The van der Waals surface area contributed by atoms with E-state index in [2.05, 4.69) is 22.8 Å². The van der Waals surface area contributed by atoms with Crippen molar-refractivity contribution in [1.82, 2.24) is 10.6 Å². The van der Waals surface area contributed by atoms with Crippen molar-refractivity contribution >= 4 is 18.3 Å². The van der Waals surface area contributed by atoms with Gasteiger partial charge in [0.2, 0.25) is 0 Å². The Morgan fingerprint density at radius 2 is 1.62 bits per heavy atom. The molecule has 2 aromatic rings. The highest BCUT2D eigenvalue weighted by atomic mass is 35.5. The lowest BCUT2D eigenvalue weighted by molar-refractivity contribution is 0.0947. The number of amides is 1. The molecular weight excluding hydrogens is 356 g/mol. The quantitative estimate of drug-likeness (QED) is 0.808. The maximum absolute atomic E-state index is 12.6. The molecule has 26 heavy (non-hydrogen) atoms. The van der Waals surface area contributed by atoms with Crippen LogP contribution in [-0.2, 0) is 19.6 Å². The minimum atomic E-state index is -0.226.